The molecule has 0 saturated carbocycles. The van der Waals surface area contributed by atoms with E-state index < -0.39 is 0 Å². The molecule has 0 bridgehead atoms. The largest absolute Gasteiger partial charge is 0.256 e. The number of hydrogen-bond donors (Lipinski definition) is 0. The zero-order valence-corrected chi connectivity index (χ0v) is 11.9. The Balaban J connectivity index is 2.33. The summed E-state index contributed by atoms with van der Waals surface area (Å²) in [5, 5.41) is 1.23. The second-order valence-electron chi connectivity index (χ2n) is 4.58. The predicted molar refractivity (Wildman–Crippen MR) is 83.7 cm³/mol. The number of hydrogen-bond acceptors (Lipinski definition) is 2. The average molecular weight is 265 g/mol. The summed E-state index contributed by atoms with van der Waals surface area (Å²) in [6, 6.07) is 17.1. The van der Waals surface area contributed by atoms with E-state index in [4.69, 9.17) is 0 Å². The van der Waals surface area contributed by atoms with Crippen molar-refractivity contribution in [3.05, 3.63) is 60.3 Å². The molecule has 0 saturated heterocycles. The lowest BCUT2D eigenvalue weighted by atomic mass is 10.00. The summed E-state index contributed by atoms with van der Waals surface area (Å²) in [5.41, 5.74) is 4.87. The van der Waals surface area contributed by atoms with Crippen molar-refractivity contribution in [2.24, 2.45) is 0 Å². The van der Waals surface area contributed by atoms with Crippen LogP contribution < -0.4 is 0 Å². The highest BCUT2D eigenvalue weighted by Gasteiger charge is 2.08. The van der Waals surface area contributed by atoms with E-state index in [0.717, 1.165) is 5.52 Å². The molecule has 0 aliphatic heterocycles. The first-order valence-electron chi connectivity index (χ1n) is 6.28. The molecule has 0 N–H and O–H groups in total. The van der Waals surface area contributed by atoms with Crippen LogP contribution in [0.3, 0.4) is 0 Å². The third kappa shape index (κ3) is 2.24. The molecule has 3 aromatic rings. The first-order chi connectivity index (χ1) is 9.29. The summed E-state index contributed by atoms with van der Waals surface area (Å²) in [5.74, 6) is 0. The summed E-state index contributed by atoms with van der Waals surface area (Å²) in [6.07, 6.45) is 4.01. The minimum atomic E-state index is 1.05. The molecule has 3 rings (SSSR count). The Labute approximate surface area is 117 Å². The molecule has 0 aliphatic carbocycles. The third-order valence-electron chi connectivity index (χ3n) is 3.29. The van der Waals surface area contributed by atoms with Gasteiger partial charge in [-0.2, -0.15) is 0 Å². The lowest BCUT2D eigenvalue weighted by molar-refractivity contribution is 1.38. The van der Waals surface area contributed by atoms with Crippen LogP contribution in [0, 0.1) is 6.92 Å². The van der Waals surface area contributed by atoms with Gasteiger partial charge in [-0.1, -0.05) is 29.8 Å². The second kappa shape index (κ2) is 5.06. The number of nitrogens with zero attached hydrogens (tertiary/aromatic N) is 1. The van der Waals surface area contributed by atoms with Crippen LogP contribution in [0.25, 0.3) is 22.0 Å². The molecule has 0 amide bonds. The fourth-order valence-electron chi connectivity index (χ4n) is 2.36. The summed E-state index contributed by atoms with van der Waals surface area (Å²) >= 11 is 1.78. The van der Waals surface area contributed by atoms with Gasteiger partial charge >= 0.3 is 0 Å². The van der Waals surface area contributed by atoms with Crippen molar-refractivity contribution in [1.29, 1.82) is 0 Å². The summed E-state index contributed by atoms with van der Waals surface area (Å²) in [6.45, 7) is 2.12. The van der Waals surface area contributed by atoms with Crippen molar-refractivity contribution < 1.29 is 0 Å². The van der Waals surface area contributed by atoms with Crippen molar-refractivity contribution >= 4 is 22.7 Å². The number of aryl methyl sites for hydroxylation is 1. The molecule has 2 aromatic carbocycles. The zero-order valence-electron chi connectivity index (χ0n) is 11.1. The van der Waals surface area contributed by atoms with Gasteiger partial charge in [-0.3, -0.25) is 4.98 Å². The van der Waals surface area contributed by atoms with Crippen molar-refractivity contribution in [3.63, 3.8) is 0 Å². The molecule has 0 unspecified atom stereocenters. The molecule has 1 heterocycles. The van der Waals surface area contributed by atoms with E-state index in [1.165, 1.54) is 27.0 Å². The Bertz CT molecular complexity index is 734. The van der Waals surface area contributed by atoms with Crippen LogP contribution in [-0.4, -0.2) is 11.2 Å². The minimum Gasteiger partial charge on any atom is -0.256 e. The van der Waals surface area contributed by atoms with Gasteiger partial charge in [-0.05, 0) is 48.6 Å². The van der Waals surface area contributed by atoms with Gasteiger partial charge < -0.3 is 0 Å². The molecule has 1 aromatic heterocycles. The number of aromatic nitrogens is 1. The molecular formula is C17H15NS. The van der Waals surface area contributed by atoms with Gasteiger partial charge in [0.15, 0.2) is 0 Å². The van der Waals surface area contributed by atoms with Crippen LogP contribution in [-0.2, 0) is 0 Å². The van der Waals surface area contributed by atoms with Crippen molar-refractivity contribution in [2.75, 3.05) is 6.26 Å². The van der Waals surface area contributed by atoms with Crippen LogP contribution in [0.4, 0.5) is 0 Å². The number of thioether (sulfide) groups is 1. The molecule has 0 atom stereocenters. The van der Waals surface area contributed by atoms with Crippen molar-refractivity contribution in [1.82, 2.24) is 4.98 Å². The Morgan fingerprint density at radius 2 is 1.79 bits per heavy atom. The van der Waals surface area contributed by atoms with E-state index in [2.05, 4.69) is 66.7 Å². The molecule has 1 nitrogen and oxygen atoms in total. The first-order valence-corrected chi connectivity index (χ1v) is 7.51. The molecular weight excluding hydrogens is 250 g/mol. The Kier molecular flexibility index (Phi) is 3.26. The summed E-state index contributed by atoms with van der Waals surface area (Å²) < 4.78 is 0. The van der Waals surface area contributed by atoms with Gasteiger partial charge in [0.1, 0.15) is 0 Å². The monoisotopic (exact) mass is 265 g/mol. The van der Waals surface area contributed by atoms with Crippen LogP contribution in [0.15, 0.2) is 59.6 Å². The van der Waals surface area contributed by atoms with Gasteiger partial charge in [0.05, 0.1) is 5.52 Å². The quantitative estimate of drug-likeness (QED) is 0.609. The number of rotatable bonds is 2. The summed E-state index contributed by atoms with van der Waals surface area (Å²) in [4.78, 5) is 5.76. The van der Waals surface area contributed by atoms with E-state index in [0.29, 0.717) is 0 Å². The highest BCUT2D eigenvalue weighted by molar-refractivity contribution is 7.98. The number of pyridine rings is 1. The Hall–Kier alpha value is -1.80. The molecule has 2 heteroatoms. The highest BCUT2D eigenvalue weighted by atomic mass is 32.2. The molecule has 0 fully saturated rings. The van der Waals surface area contributed by atoms with Gasteiger partial charge in [0.25, 0.3) is 0 Å². The molecule has 94 valence electrons. The van der Waals surface area contributed by atoms with Gasteiger partial charge in [0.2, 0.25) is 0 Å². The molecule has 0 radical (unpaired) electrons. The molecule has 0 spiro atoms. The molecule has 19 heavy (non-hydrogen) atoms. The van der Waals surface area contributed by atoms with E-state index in [1.54, 1.807) is 11.8 Å². The smallest absolute Gasteiger partial charge is 0.0708 e. The second-order valence-corrected chi connectivity index (χ2v) is 5.43. The predicted octanol–water partition coefficient (Wildman–Crippen LogP) is 4.93. The van der Waals surface area contributed by atoms with E-state index in [1.807, 2.05) is 6.20 Å². The van der Waals surface area contributed by atoms with Crippen molar-refractivity contribution in [2.45, 2.75) is 11.8 Å². The van der Waals surface area contributed by atoms with Gasteiger partial charge in [0, 0.05) is 16.5 Å². The van der Waals surface area contributed by atoms with E-state index in [9.17, 15) is 0 Å². The normalized spacial score (nSPS) is 10.8. The third-order valence-corrected chi connectivity index (χ3v) is 4.09. The van der Waals surface area contributed by atoms with Crippen molar-refractivity contribution in [3.8, 4) is 11.1 Å². The van der Waals surface area contributed by atoms with E-state index in [-0.39, 0.29) is 0 Å². The highest BCUT2D eigenvalue weighted by Crippen LogP contribution is 2.34. The zero-order chi connectivity index (χ0) is 13.2. The maximum absolute atomic E-state index is 4.46. The van der Waals surface area contributed by atoms with Crippen LogP contribution >= 0.6 is 11.8 Å². The van der Waals surface area contributed by atoms with Gasteiger partial charge in [-0.15, -0.1) is 11.8 Å². The van der Waals surface area contributed by atoms with Crippen LogP contribution in [0.2, 0.25) is 0 Å². The Morgan fingerprint density at radius 1 is 0.947 bits per heavy atom. The minimum absolute atomic E-state index is 1.05. The lowest BCUT2D eigenvalue weighted by Crippen LogP contribution is -1.87. The fourth-order valence-corrected chi connectivity index (χ4v) is 2.97. The maximum atomic E-state index is 4.46. The SMILES string of the molecule is CSc1ccccc1-c1ccnc2ccc(C)cc12. The van der Waals surface area contributed by atoms with Crippen LogP contribution in [0.1, 0.15) is 5.56 Å². The van der Waals surface area contributed by atoms with Crippen LogP contribution in [0.5, 0.6) is 0 Å². The van der Waals surface area contributed by atoms with Gasteiger partial charge in [-0.25, -0.2) is 0 Å². The summed E-state index contributed by atoms with van der Waals surface area (Å²) in [7, 11) is 0. The topological polar surface area (TPSA) is 12.9 Å². The molecule has 0 aliphatic rings. The van der Waals surface area contributed by atoms with E-state index >= 15 is 0 Å². The Morgan fingerprint density at radius 3 is 2.63 bits per heavy atom. The maximum Gasteiger partial charge on any atom is 0.0708 e. The first kappa shape index (κ1) is 12.2. The fraction of sp³-hybridized carbons (Fsp3) is 0.118. The average Bonchev–Trinajstić information content (AvgIpc) is 2.46. The lowest BCUT2D eigenvalue weighted by Gasteiger charge is -2.10. The number of benzene rings is 2. The standard InChI is InChI=1S/C17H15NS/c1-12-7-8-16-15(11-12)13(9-10-18-16)14-5-3-4-6-17(14)19-2/h3-11H,1-2H3. The number of fused-ring (bicyclic) bond motifs is 1.